The summed E-state index contributed by atoms with van der Waals surface area (Å²) in [7, 11) is 0. The summed E-state index contributed by atoms with van der Waals surface area (Å²) < 4.78 is 0. The fourth-order valence-electron chi connectivity index (χ4n) is 1.38. The number of nitrogens with one attached hydrogen (secondary N) is 1. The van der Waals surface area contributed by atoms with E-state index >= 15 is 0 Å². The minimum atomic E-state index is -0.289. The Balaban J connectivity index is 2.21. The van der Waals surface area contributed by atoms with Gasteiger partial charge in [-0.3, -0.25) is 4.79 Å². The number of halogens is 1. The molecule has 1 amide bonds. The lowest BCUT2D eigenvalue weighted by molar-refractivity contribution is 0.103. The first-order valence-electron chi connectivity index (χ1n) is 4.96. The van der Waals surface area contributed by atoms with Crippen molar-refractivity contribution >= 4 is 40.2 Å². The number of hydrogen-bond acceptors (Lipinski definition) is 4. The van der Waals surface area contributed by atoms with Crippen LogP contribution in [0.4, 0.5) is 11.4 Å². The number of hydrogen-bond donors (Lipinski definition) is 2. The summed E-state index contributed by atoms with van der Waals surface area (Å²) in [6.07, 6.45) is 0. The standard InChI is InChI=1S/C12H8ClN3OS/c13-9-5-8(2-1-7(9)6-14)16-12(17)11-10(15)3-4-18-11/h1-5H,15H2,(H,16,17). The number of benzene rings is 1. The molecule has 2 aromatic rings. The number of anilines is 2. The summed E-state index contributed by atoms with van der Waals surface area (Å²) >= 11 is 7.14. The average molecular weight is 278 g/mol. The molecule has 0 saturated heterocycles. The number of nitriles is 1. The topological polar surface area (TPSA) is 78.9 Å². The van der Waals surface area contributed by atoms with Crippen LogP contribution in [0.5, 0.6) is 0 Å². The molecule has 90 valence electrons. The fraction of sp³-hybridized carbons (Fsp3) is 0. The van der Waals surface area contributed by atoms with Crippen molar-refractivity contribution < 1.29 is 4.79 Å². The molecular weight excluding hydrogens is 270 g/mol. The zero-order valence-electron chi connectivity index (χ0n) is 9.11. The Morgan fingerprint density at radius 2 is 2.22 bits per heavy atom. The summed E-state index contributed by atoms with van der Waals surface area (Å²) in [5.74, 6) is -0.289. The van der Waals surface area contributed by atoms with Gasteiger partial charge < -0.3 is 11.1 Å². The van der Waals surface area contributed by atoms with Gasteiger partial charge in [0.1, 0.15) is 10.9 Å². The first kappa shape index (κ1) is 12.4. The molecule has 0 atom stereocenters. The lowest BCUT2D eigenvalue weighted by atomic mass is 10.2. The van der Waals surface area contributed by atoms with E-state index in [1.54, 1.807) is 23.6 Å². The Labute approximate surface area is 113 Å². The number of nitrogen functional groups attached to an aromatic ring is 1. The predicted octanol–water partition coefficient (Wildman–Crippen LogP) is 3.11. The summed E-state index contributed by atoms with van der Waals surface area (Å²) in [4.78, 5) is 12.3. The molecule has 18 heavy (non-hydrogen) atoms. The van der Waals surface area contributed by atoms with E-state index in [0.717, 1.165) is 0 Å². The second-order valence-corrected chi connectivity index (χ2v) is 4.79. The van der Waals surface area contributed by atoms with Crippen LogP contribution in [0.1, 0.15) is 15.2 Å². The van der Waals surface area contributed by atoms with Crippen LogP contribution in [0.15, 0.2) is 29.6 Å². The van der Waals surface area contributed by atoms with Crippen LogP contribution < -0.4 is 11.1 Å². The van der Waals surface area contributed by atoms with Crippen LogP contribution >= 0.6 is 22.9 Å². The Morgan fingerprint density at radius 3 is 2.78 bits per heavy atom. The molecule has 0 saturated carbocycles. The molecule has 0 bridgehead atoms. The van der Waals surface area contributed by atoms with E-state index < -0.39 is 0 Å². The molecule has 0 aliphatic carbocycles. The highest BCUT2D eigenvalue weighted by atomic mass is 35.5. The van der Waals surface area contributed by atoms with Crippen molar-refractivity contribution in [2.24, 2.45) is 0 Å². The summed E-state index contributed by atoms with van der Waals surface area (Å²) in [5.41, 5.74) is 6.98. The predicted molar refractivity (Wildman–Crippen MR) is 72.9 cm³/mol. The van der Waals surface area contributed by atoms with Gasteiger partial charge in [-0.1, -0.05) is 11.6 Å². The van der Waals surface area contributed by atoms with Crippen LogP contribution in [0, 0.1) is 11.3 Å². The van der Waals surface area contributed by atoms with Crippen molar-refractivity contribution in [2.75, 3.05) is 11.1 Å². The molecule has 0 unspecified atom stereocenters. The Bertz CT molecular complexity index is 645. The van der Waals surface area contributed by atoms with Gasteiger partial charge in [0.2, 0.25) is 0 Å². The first-order chi connectivity index (χ1) is 8.61. The number of nitrogens with two attached hydrogens (primary N) is 1. The first-order valence-corrected chi connectivity index (χ1v) is 6.21. The molecule has 2 rings (SSSR count). The van der Waals surface area contributed by atoms with Crippen molar-refractivity contribution in [1.29, 1.82) is 5.26 Å². The molecule has 0 fully saturated rings. The molecule has 4 nitrogen and oxygen atoms in total. The molecule has 1 heterocycles. The molecule has 0 radical (unpaired) electrons. The minimum absolute atomic E-state index is 0.289. The van der Waals surface area contributed by atoms with Gasteiger partial charge in [0.25, 0.3) is 5.91 Å². The smallest absolute Gasteiger partial charge is 0.267 e. The van der Waals surface area contributed by atoms with Crippen LogP contribution in [-0.2, 0) is 0 Å². The summed E-state index contributed by atoms with van der Waals surface area (Å²) in [6, 6.07) is 8.32. The second kappa shape index (κ2) is 5.08. The van der Waals surface area contributed by atoms with E-state index in [1.807, 2.05) is 6.07 Å². The van der Waals surface area contributed by atoms with E-state index in [1.165, 1.54) is 17.4 Å². The average Bonchev–Trinajstić information content (AvgIpc) is 2.76. The maximum Gasteiger partial charge on any atom is 0.267 e. The lowest BCUT2D eigenvalue weighted by Crippen LogP contribution is -2.11. The lowest BCUT2D eigenvalue weighted by Gasteiger charge is -2.05. The van der Waals surface area contributed by atoms with Crippen molar-refractivity contribution in [3.63, 3.8) is 0 Å². The fourth-order valence-corrected chi connectivity index (χ4v) is 2.31. The molecule has 1 aromatic heterocycles. The molecule has 0 aliphatic rings. The van der Waals surface area contributed by atoms with Crippen molar-refractivity contribution in [3.8, 4) is 6.07 Å². The van der Waals surface area contributed by atoms with E-state index in [2.05, 4.69) is 5.32 Å². The molecule has 0 spiro atoms. The van der Waals surface area contributed by atoms with Crippen molar-refractivity contribution in [2.45, 2.75) is 0 Å². The van der Waals surface area contributed by atoms with Crippen LogP contribution in [-0.4, -0.2) is 5.91 Å². The number of nitrogens with zero attached hydrogens (tertiary/aromatic N) is 1. The van der Waals surface area contributed by atoms with Gasteiger partial charge in [0.15, 0.2) is 0 Å². The van der Waals surface area contributed by atoms with Crippen LogP contribution in [0.3, 0.4) is 0 Å². The molecule has 3 N–H and O–H groups in total. The van der Waals surface area contributed by atoms with Gasteiger partial charge in [0, 0.05) is 5.69 Å². The maximum atomic E-state index is 11.9. The van der Waals surface area contributed by atoms with Gasteiger partial charge in [-0.25, -0.2) is 0 Å². The van der Waals surface area contributed by atoms with E-state index in [9.17, 15) is 4.79 Å². The largest absolute Gasteiger partial charge is 0.397 e. The quantitative estimate of drug-likeness (QED) is 0.885. The number of thiophene rings is 1. The zero-order chi connectivity index (χ0) is 13.1. The Kier molecular flexibility index (Phi) is 3.51. The van der Waals surface area contributed by atoms with Crippen LogP contribution in [0.25, 0.3) is 0 Å². The molecular formula is C12H8ClN3OS. The third kappa shape index (κ3) is 2.45. The Morgan fingerprint density at radius 1 is 1.44 bits per heavy atom. The monoisotopic (exact) mass is 277 g/mol. The van der Waals surface area contributed by atoms with Crippen LogP contribution in [0.2, 0.25) is 5.02 Å². The third-order valence-corrected chi connectivity index (χ3v) is 3.49. The number of rotatable bonds is 2. The van der Waals surface area contributed by atoms with Crippen molar-refractivity contribution in [3.05, 3.63) is 45.1 Å². The van der Waals surface area contributed by atoms with E-state index in [0.29, 0.717) is 26.8 Å². The highest BCUT2D eigenvalue weighted by Crippen LogP contribution is 2.23. The molecule has 1 aromatic carbocycles. The minimum Gasteiger partial charge on any atom is -0.397 e. The van der Waals surface area contributed by atoms with Gasteiger partial charge in [-0.15, -0.1) is 11.3 Å². The zero-order valence-corrected chi connectivity index (χ0v) is 10.7. The third-order valence-electron chi connectivity index (χ3n) is 2.25. The highest BCUT2D eigenvalue weighted by molar-refractivity contribution is 7.12. The highest BCUT2D eigenvalue weighted by Gasteiger charge is 2.12. The van der Waals surface area contributed by atoms with Gasteiger partial charge in [-0.05, 0) is 29.6 Å². The van der Waals surface area contributed by atoms with Gasteiger partial charge >= 0.3 is 0 Å². The summed E-state index contributed by atoms with van der Waals surface area (Å²) in [5, 5.41) is 13.5. The van der Waals surface area contributed by atoms with Gasteiger partial charge in [0.05, 0.1) is 16.3 Å². The summed E-state index contributed by atoms with van der Waals surface area (Å²) in [6.45, 7) is 0. The second-order valence-electron chi connectivity index (χ2n) is 3.47. The molecule has 0 aliphatic heterocycles. The number of amides is 1. The van der Waals surface area contributed by atoms with E-state index in [-0.39, 0.29) is 5.91 Å². The normalized spacial score (nSPS) is 9.78. The maximum absolute atomic E-state index is 11.9. The van der Waals surface area contributed by atoms with Crippen molar-refractivity contribution in [1.82, 2.24) is 0 Å². The SMILES string of the molecule is N#Cc1ccc(NC(=O)c2sccc2N)cc1Cl. The Hall–Kier alpha value is -2.03. The number of carbonyl (C=O) groups is 1. The van der Waals surface area contributed by atoms with E-state index in [4.69, 9.17) is 22.6 Å². The molecule has 6 heteroatoms. The van der Waals surface area contributed by atoms with Gasteiger partial charge in [-0.2, -0.15) is 5.26 Å². The number of carbonyl (C=O) groups excluding carboxylic acids is 1.